The van der Waals surface area contributed by atoms with Crippen LogP contribution in [0.15, 0.2) is 47.3 Å². The van der Waals surface area contributed by atoms with E-state index in [2.05, 4.69) is 10.3 Å². The highest BCUT2D eigenvalue weighted by atomic mass is 16.5. The molecule has 2 aromatic carbocycles. The molecule has 0 radical (unpaired) electrons. The Balaban J connectivity index is 1.51. The number of anilines is 1. The van der Waals surface area contributed by atoms with Gasteiger partial charge in [-0.25, -0.2) is 4.98 Å². The number of aryl methyl sites for hydroxylation is 1. The Morgan fingerprint density at radius 2 is 1.97 bits per heavy atom. The van der Waals surface area contributed by atoms with Crippen molar-refractivity contribution >= 4 is 22.8 Å². The fourth-order valence-corrected chi connectivity index (χ4v) is 4.50. The van der Waals surface area contributed by atoms with Gasteiger partial charge in [0.25, 0.3) is 5.56 Å². The number of hydrogen-bond donors (Lipinski definition) is 1. The molecule has 1 aliphatic heterocycles. The van der Waals surface area contributed by atoms with Gasteiger partial charge in [-0.2, -0.15) is 0 Å². The molecule has 1 fully saturated rings. The van der Waals surface area contributed by atoms with Crippen molar-refractivity contribution in [1.29, 1.82) is 0 Å². The van der Waals surface area contributed by atoms with Crippen LogP contribution in [0, 0.1) is 5.92 Å². The lowest BCUT2D eigenvalue weighted by Gasteiger charge is -2.32. The topological polar surface area (TPSA) is 85.7 Å². The summed E-state index contributed by atoms with van der Waals surface area (Å²) < 4.78 is 12.5. The molecule has 33 heavy (non-hydrogen) atoms. The zero-order valence-corrected chi connectivity index (χ0v) is 19.3. The first-order valence-electron chi connectivity index (χ1n) is 11.3. The number of para-hydroxylation sites is 3. The second kappa shape index (κ2) is 9.94. The summed E-state index contributed by atoms with van der Waals surface area (Å²) in [5.41, 5.74) is 2.34. The number of nitrogens with zero attached hydrogens (tertiary/aromatic N) is 3. The number of carbonyl (C=O) groups excluding carboxylic acids is 1. The molecule has 1 atom stereocenters. The van der Waals surface area contributed by atoms with Gasteiger partial charge in [-0.1, -0.05) is 24.3 Å². The second-order valence-corrected chi connectivity index (χ2v) is 8.13. The van der Waals surface area contributed by atoms with Crippen LogP contribution in [-0.2, 0) is 17.9 Å². The smallest absolute Gasteiger partial charge is 0.293 e. The highest BCUT2D eigenvalue weighted by Gasteiger charge is 2.28. The van der Waals surface area contributed by atoms with Gasteiger partial charge in [-0.05, 0) is 38.0 Å². The zero-order chi connectivity index (χ0) is 23.4. The second-order valence-electron chi connectivity index (χ2n) is 8.13. The predicted octanol–water partition coefficient (Wildman–Crippen LogP) is 2.97. The third-order valence-corrected chi connectivity index (χ3v) is 6.18. The number of methoxy groups -OCH3 is 2. The summed E-state index contributed by atoms with van der Waals surface area (Å²) in [5.74, 6) is 1.40. The average molecular weight is 451 g/mol. The largest absolute Gasteiger partial charge is 0.493 e. The molecule has 1 aromatic heterocycles. The van der Waals surface area contributed by atoms with Crippen molar-refractivity contribution in [1.82, 2.24) is 14.9 Å². The third kappa shape index (κ3) is 4.51. The first-order chi connectivity index (χ1) is 16.1. The van der Waals surface area contributed by atoms with Crippen molar-refractivity contribution in [2.45, 2.75) is 32.9 Å². The standard InChI is InChI=1S/C25H30N4O4/c1-4-29-20-12-6-5-11-19(20)27-23(25(29)31)28-14-8-10-18(16-28)24(30)26-15-17-9-7-13-21(32-2)22(17)33-3/h5-7,9,11-13,18H,4,8,10,14-16H2,1-3H3,(H,26,30)/t18-/m1/s1. The molecule has 0 saturated carbocycles. The van der Waals surface area contributed by atoms with Gasteiger partial charge in [-0.3, -0.25) is 9.59 Å². The van der Waals surface area contributed by atoms with E-state index in [0.717, 1.165) is 29.4 Å². The summed E-state index contributed by atoms with van der Waals surface area (Å²) in [6.45, 7) is 4.03. The molecule has 8 heteroatoms. The number of amides is 1. The number of piperidine rings is 1. The minimum Gasteiger partial charge on any atom is -0.493 e. The molecule has 0 bridgehead atoms. The van der Waals surface area contributed by atoms with Gasteiger partial charge in [-0.15, -0.1) is 0 Å². The molecule has 4 rings (SSSR count). The quantitative estimate of drug-likeness (QED) is 0.596. The minimum absolute atomic E-state index is 0.0406. The van der Waals surface area contributed by atoms with Gasteiger partial charge in [0.1, 0.15) is 0 Å². The number of rotatable bonds is 7. The molecule has 0 spiro atoms. The number of ether oxygens (including phenoxy) is 2. The van der Waals surface area contributed by atoms with Crippen LogP contribution < -0.4 is 25.2 Å². The van der Waals surface area contributed by atoms with E-state index in [1.54, 1.807) is 18.8 Å². The van der Waals surface area contributed by atoms with Gasteiger partial charge in [0.15, 0.2) is 17.3 Å². The molecule has 3 aromatic rings. The Labute approximate surface area is 193 Å². The first kappa shape index (κ1) is 22.6. The van der Waals surface area contributed by atoms with E-state index in [1.165, 1.54) is 0 Å². The van der Waals surface area contributed by atoms with Crippen molar-refractivity contribution in [2.75, 3.05) is 32.2 Å². The lowest BCUT2D eigenvalue weighted by Crippen LogP contribution is -2.45. The van der Waals surface area contributed by atoms with Crippen molar-refractivity contribution in [3.05, 3.63) is 58.4 Å². The van der Waals surface area contributed by atoms with E-state index < -0.39 is 0 Å². The van der Waals surface area contributed by atoms with E-state index in [0.29, 0.717) is 43.5 Å². The highest BCUT2D eigenvalue weighted by Crippen LogP contribution is 2.30. The monoisotopic (exact) mass is 450 g/mol. The Hall–Kier alpha value is -3.55. The highest BCUT2D eigenvalue weighted by molar-refractivity contribution is 5.80. The summed E-state index contributed by atoms with van der Waals surface area (Å²) in [7, 11) is 3.17. The summed E-state index contributed by atoms with van der Waals surface area (Å²) in [6.07, 6.45) is 1.59. The summed E-state index contributed by atoms with van der Waals surface area (Å²) in [6, 6.07) is 13.3. The molecule has 1 amide bonds. The number of benzene rings is 2. The van der Waals surface area contributed by atoms with Crippen molar-refractivity contribution in [3.8, 4) is 11.5 Å². The molecule has 2 heterocycles. The van der Waals surface area contributed by atoms with Crippen LogP contribution in [0.4, 0.5) is 5.82 Å². The van der Waals surface area contributed by atoms with Crippen molar-refractivity contribution in [3.63, 3.8) is 0 Å². The average Bonchev–Trinajstić information content (AvgIpc) is 2.86. The van der Waals surface area contributed by atoms with E-state index >= 15 is 0 Å². The molecule has 0 unspecified atom stereocenters. The fourth-order valence-electron chi connectivity index (χ4n) is 4.50. The molecule has 8 nitrogen and oxygen atoms in total. The number of hydrogen-bond acceptors (Lipinski definition) is 6. The van der Waals surface area contributed by atoms with E-state index in [9.17, 15) is 9.59 Å². The Morgan fingerprint density at radius 1 is 1.15 bits per heavy atom. The third-order valence-electron chi connectivity index (χ3n) is 6.18. The van der Waals surface area contributed by atoms with Gasteiger partial charge in [0.05, 0.1) is 31.2 Å². The van der Waals surface area contributed by atoms with Crippen LogP contribution in [0.2, 0.25) is 0 Å². The lowest BCUT2D eigenvalue weighted by molar-refractivity contribution is -0.125. The molecular weight excluding hydrogens is 420 g/mol. The normalized spacial score (nSPS) is 16.0. The molecule has 1 N–H and O–H groups in total. The summed E-state index contributed by atoms with van der Waals surface area (Å²) in [5, 5.41) is 3.03. The molecular formula is C25H30N4O4. The SMILES string of the molecule is CCn1c(=O)c(N2CCC[C@@H](C(=O)NCc3cccc(OC)c3OC)C2)nc2ccccc21. The van der Waals surface area contributed by atoms with Gasteiger partial charge in [0.2, 0.25) is 5.91 Å². The van der Waals surface area contributed by atoms with E-state index in [1.807, 2.05) is 54.3 Å². The van der Waals surface area contributed by atoms with Gasteiger partial charge < -0.3 is 24.3 Å². The lowest BCUT2D eigenvalue weighted by atomic mass is 9.97. The van der Waals surface area contributed by atoms with Crippen LogP contribution >= 0.6 is 0 Å². The van der Waals surface area contributed by atoms with Crippen LogP contribution in [-0.4, -0.2) is 42.8 Å². The van der Waals surface area contributed by atoms with Crippen molar-refractivity contribution < 1.29 is 14.3 Å². The zero-order valence-electron chi connectivity index (χ0n) is 19.3. The molecule has 1 saturated heterocycles. The van der Waals surface area contributed by atoms with Crippen LogP contribution in [0.1, 0.15) is 25.3 Å². The van der Waals surface area contributed by atoms with Crippen LogP contribution in [0.5, 0.6) is 11.5 Å². The maximum Gasteiger partial charge on any atom is 0.293 e. The Bertz CT molecular complexity index is 1210. The first-order valence-corrected chi connectivity index (χ1v) is 11.3. The summed E-state index contributed by atoms with van der Waals surface area (Å²) in [4.78, 5) is 32.8. The number of fused-ring (bicyclic) bond motifs is 1. The van der Waals surface area contributed by atoms with Gasteiger partial charge >= 0.3 is 0 Å². The van der Waals surface area contributed by atoms with Crippen molar-refractivity contribution in [2.24, 2.45) is 5.92 Å². The van der Waals surface area contributed by atoms with E-state index in [-0.39, 0.29) is 17.4 Å². The van der Waals surface area contributed by atoms with Crippen LogP contribution in [0.25, 0.3) is 11.0 Å². The Kier molecular flexibility index (Phi) is 6.82. The van der Waals surface area contributed by atoms with Gasteiger partial charge in [0, 0.05) is 31.7 Å². The predicted molar refractivity (Wildman–Crippen MR) is 128 cm³/mol. The fraction of sp³-hybridized carbons (Fsp3) is 0.400. The maximum atomic E-state index is 13.2. The maximum absolute atomic E-state index is 13.2. The molecule has 174 valence electrons. The Morgan fingerprint density at radius 3 is 2.73 bits per heavy atom. The molecule has 0 aliphatic carbocycles. The number of carbonyl (C=O) groups is 1. The molecule has 1 aliphatic rings. The van der Waals surface area contributed by atoms with Crippen LogP contribution in [0.3, 0.4) is 0 Å². The summed E-state index contributed by atoms with van der Waals surface area (Å²) >= 11 is 0. The number of aromatic nitrogens is 2. The number of nitrogens with one attached hydrogen (secondary N) is 1. The minimum atomic E-state index is -0.224. The van der Waals surface area contributed by atoms with E-state index in [4.69, 9.17) is 9.47 Å².